The van der Waals surface area contributed by atoms with Crippen molar-refractivity contribution in [2.24, 2.45) is 5.10 Å². The third-order valence-corrected chi connectivity index (χ3v) is 4.69. The van der Waals surface area contributed by atoms with E-state index in [4.69, 9.17) is 0 Å². The minimum Gasteiger partial charge on any atom is -0.287 e. The zero-order valence-corrected chi connectivity index (χ0v) is 12.6. The number of carbonyl (C=O) groups is 1. The van der Waals surface area contributed by atoms with Crippen LogP contribution in [0.4, 0.5) is 0 Å². The Balaban J connectivity index is 1.82. The molecule has 1 aromatic carbocycles. The summed E-state index contributed by atoms with van der Waals surface area (Å²) < 4.78 is 24.3. The summed E-state index contributed by atoms with van der Waals surface area (Å²) >= 11 is 0. The number of nitrogens with zero attached hydrogens (tertiary/aromatic N) is 2. The Labute approximate surface area is 127 Å². The molecule has 114 valence electrons. The van der Waals surface area contributed by atoms with E-state index in [1.54, 1.807) is 12.1 Å². The van der Waals surface area contributed by atoms with Crippen molar-refractivity contribution in [1.82, 2.24) is 15.0 Å². The van der Waals surface area contributed by atoms with Crippen LogP contribution in [0.2, 0.25) is 0 Å². The second kappa shape index (κ2) is 5.38. The van der Waals surface area contributed by atoms with Crippen molar-refractivity contribution in [3.63, 3.8) is 0 Å². The number of nitrogens with one attached hydrogen (secondary N) is 2. The number of fused-ring (bicyclic) bond motifs is 1. The summed E-state index contributed by atoms with van der Waals surface area (Å²) in [5.74, 6) is -0.304. The van der Waals surface area contributed by atoms with Gasteiger partial charge in [0.25, 0.3) is 10.0 Å². The average molecular weight is 318 g/mol. The van der Waals surface area contributed by atoms with Gasteiger partial charge in [0, 0.05) is 12.1 Å². The number of hydrogen-bond acceptors (Lipinski definition) is 5. The highest BCUT2D eigenvalue weighted by atomic mass is 32.2. The molecule has 0 fully saturated rings. The minimum absolute atomic E-state index is 0.106. The molecule has 0 radical (unpaired) electrons. The fourth-order valence-corrected chi connectivity index (χ4v) is 3.03. The molecule has 0 aliphatic heterocycles. The highest BCUT2D eigenvalue weighted by Gasteiger charge is 2.25. The Kier molecular flexibility index (Phi) is 3.53. The molecule has 1 aliphatic rings. The van der Waals surface area contributed by atoms with Gasteiger partial charge in [0.15, 0.2) is 0 Å². The molecule has 0 spiro atoms. The predicted molar refractivity (Wildman–Crippen MR) is 80.2 cm³/mol. The van der Waals surface area contributed by atoms with E-state index in [-0.39, 0.29) is 16.4 Å². The third kappa shape index (κ3) is 2.64. The molecule has 7 nitrogen and oxygen atoms in total. The second-order valence-corrected chi connectivity index (χ2v) is 6.72. The first-order valence-corrected chi connectivity index (χ1v) is 8.18. The van der Waals surface area contributed by atoms with Gasteiger partial charge in [0.2, 0.25) is 5.78 Å². The van der Waals surface area contributed by atoms with Gasteiger partial charge in [-0.05, 0) is 25.5 Å². The van der Waals surface area contributed by atoms with Gasteiger partial charge in [0.05, 0.1) is 16.7 Å². The third-order valence-electron chi connectivity index (χ3n) is 3.47. The zero-order valence-electron chi connectivity index (χ0n) is 11.8. The zero-order chi connectivity index (χ0) is 15.7. The first-order valence-electron chi connectivity index (χ1n) is 6.69. The SMILES string of the molecule is Cc1ccc(S(=O)(=O)N/N=C2\CCc3[nH]ncc3C2=O)cc1. The van der Waals surface area contributed by atoms with Crippen molar-refractivity contribution in [3.8, 4) is 0 Å². The topological polar surface area (TPSA) is 104 Å². The Bertz CT molecular complexity index is 850. The number of rotatable bonds is 3. The molecule has 0 bridgehead atoms. The molecule has 0 amide bonds. The highest BCUT2D eigenvalue weighted by Crippen LogP contribution is 2.17. The summed E-state index contributed by atoms with van der Waals surface area (Å²) in [6, 6.07) is 6.39. The molecule has 0 unspecified atom stereocenters. The number of aromatic nitrogens is 2. The summed E-state index contributed by atoms with van der Waals surface area (Å²) in [6.45, 7) is 1.87. The molecule has 8 heteroatoms. The van der Waals surface area contributed by atoms with E-state index >= 15 is 0 Å². The number of benzene rings is 1. The number of sulfonamides is 1. The van der Waals surface area contributed by atoms with Crippen LogP contribution in [0.1, 0.15) is 28.0 Å². The van der Waals surface area contributed by atoms with Gasteiger partial charge in [-0.1, -0.05) is 17.7 Å². The van der Waals surface area contributed by atoms with Crippen LogP contribution >= 0.6 is 0 Å². The molecule has 1 aliphatic carbocycles. The molecule has 1 aromatic heterocycles. The molecule has 22 heavy (non-hydrogen) atoms. The smallest absolute Gasteiger partial charge is 0.276 e. The Morgan fingerprint density at radius 3 is 2.68 bits per heavy atom. The minimum atomic E-state index is -3.78. The number of hydrogen-bond donors (Lipinski definition) is 2. The van der Waals surface area contributed by atoms with Gasteiger partial charge < -0.3 is 0 Å². The summed E-state index contributed by atoms with van der Waals surface area (Å²) in [6.07, 6.45) is 2.37. The van der Waals surface area contributed by atoms with E-state index in [9.17, 15) is 13.2 Å². The van der Waals surface area contributed by atoms with E-state index in [1.165, 1.54) is 18.3 Å². The molecule has 1 heterocycles. The maximum absolute atomic E-state index is 12.2. The lowest BCUT2D eigenvalue weighted by Crippen LogP contribution is -2.27. The Morgan fingerprint density at radius 1 is 1.23 bits per heavy atom. The maximum atomic E-state index is 12.2. The fraction of sp³-hybridized carbons (Fsp3) is 0.214. The van der Waals surface area contributed by atoms with Gasteiger partial charge in [0.1, 0.15) is 5.71 Å². The van der Waals surface area contributed by atoms with Gasteiger partial charge in [-0.3, -0.25) is 9.89 Å². The predicted octanol–water partition coefficient (Wildman–Crippen LogP) is 1.18. The fourth-order valence-electron chi connectivity index (χ4n) is 2.20. The second-order valence-electron chi connectivity index (χ2n) is 5.06. The standard InChI is InChI=1S/C14H14N4O3S/c1-9-2-4-10(5-3-9)22(20,21)18-17-13-7-6-12-11(14(13)19)8-15-16-12/h2-5,8,18H,6-7H2,1H3,(H,15,16)/b17-13+. The normalized spacial score (nSPS) is 16.6. The molecular formula is C14H14N4O3S. The molecule has 0 saturated heterocycles. The van der Waals surface area contributed by atoms with Crippen LogP contribution in [0.15, 0.2) is 40.5 Å². The molecule has 0 saturated carbocycles. The van der Waals surface area contributed by atoms with Gasteiger partial charge in [-0.15, -0.1) is 0 Å². The molecule has 0 atom stereocenters. The van der Waals surface area contributed by atoms with Crippen LogP contribution in [-0.4, -0.2) is 30.1 Å². The highest BCUT2D eigenvalue weighted by molar-refractivity contribution is 7.89. The van der Waals surface area contributed by atoms with Crippen LogP contribution in [0, 0.1) is 6.92 Å². The molecule has 3 rings (SSSR count). The van der Waals surface area contributed by atoms with Crippen molar-refractivity contribution in [2.75, 3.05) is 0 Å². The van der Waals surface area contributed by atoms with Crippen molar-refractivity contribution < 1.29 is 13.2 Å². The van der Waals surface area contributed by atoms with E-state index in [0.717, 1.165) is 11.3 Å². The van der Waals surface area contributed by atoms with Gasteiger partial charge in [-0.25, -0.2) is 0 Å². The van der Waals surface area contributed by atoms with Crippen molar-refractivity contribution in [2.45, 2.75) is 24.7 Å². The van der Waals surface area contributed by atoms with Crippen LogP contribution in [0.3, 0.4) is 0 Å². The monoisotopic (exact) mass is 318 g/mol. The van der Waals surface area contributed by atoms with Crippen LogP contribution < -0.4 is 4.83 Å². The maximum Gasteiger partial charge on any atom is 0.276 e. The Hall–Kier alpha value is -2.48. The largest absolute Gasteiger partial charge is 0.287 e. The lowest BCUT2D eigenvalue weighted by Gasteiger charge is -2.12. The number of Topliss-reactive ketones (excluding diaryl/α,β-unsaturated/α-hetero) is 1. The first-order chi connectivity index (χ1) is 10.5. The molecular weight excluding hydrogens is 304 g/mol. The van der Waals surface area contributed by atoms with E-state index in [2.05, 4.69) is 20.1 Å². The Morgan fingerprint density at radius 2 is 1.95 bits per heavy atom. The lowest BCUT2D eigenvalue weighted by molar-refractivity contribution is 0.105. The number of hydrazone groups is 1. The van der Waals surface area contributed by atoms with E-state index in [1.807, 2.05) is 6.92 Å². The number of aryl methyl sites for hydroxylation is 2. The summed E-state index contributed by atoms with van der Waals surface area (Å²) in [4.78, 5) is 14.4. The number of carbonyl (C=O) groups excluding carboxylic acids is 1. The summed E-state index contributed by atoms with van der Waals surface area (Å²) in [7, 11) is -3.78. The summed E-state index contributed by atoms with van der Waals surface area (Å²) in [5.41, 5.74) is 2.34. The van der Waals surface area contributed by atoms with E-state index in [0.29, 0.717) is 18.4 Å². The lowest BCUT2D eigenvalue weighted by atomic mass is 9.95. The quantitative estimate of drug-likeness (QED) is 0.829. The van der Waals surface area contributed by atoms with Crippen LogP contribution in [0.25, 0.3) is 0 Å². The van der Waals surface area contributed by atoms with Gasteiger partial charge >= 0.3 is 0 Å². The molecule has 2 aromatic rings. The average Bonchev–Trinajstić information content (AvgIpc) is 2.96. The van der Waals surface area contributed by atoms with E-state index < -0.39 is 10.0 Å². The number of aromatic amines is 1. The van der Waals surface area contributed by atoms with Crippen molar-refractivity contribution >= 4 is 21.5 Å². The first kappa shape index (κ1) is 14.5. The number of H-pyrrole nitrogens is 1. The molecule has 2 N–H and O–H groups in total. The van der Waals surface area contributed by atoms with Crippen molar-refractivity contribution in [3.05, 3.63) is 47.3 Å². The summed E-state index contributed by atoms with van der Waals surface area (Å²) in [5, 5.41) is 10.4. The number of ketones is 1. The van der Waals surface area contributed by atoms with Crippen molar-refractivity contribution in [1.29, 1.82) is 0 Å². The van der Waals surface area contributed by atoms with Gasteiger partial charge in [-0.2, -0.15) is 23.4 Å². The van der Waals surface area contributed by atoms with Crippen LogP contribution in [-0.2, 0) is 16.4 Å². The van der Waals surface area contributed by atoms with Crippen LogP contribution in [0.5, 0.6) is 0 Å².